The summed E-state index contributed by atoms with van der Waals surface area (Å²) >= 11 is 0. The summed E-state index contributed by atoms with van der Waals surface area (Å²) in [7, 11) is 0. The summed E-state index contributed by atoms with van der Waals surface area (Å²) in [5.41, 5.74) is -1.15. The first-order valence-electron chi connectivity index (χ1n) is 7.16. The van der Waals surface area contributed by atoms with E-state index in [1.54, 1.807) is 0 Å². The predicted molar refractivity (Wildman–Crippen MR) is 78.3 cm³/mol. The van der Waals surface area contributed by atoms with Crippen molar-refractivity contribution in [2.75, 3.05) is 0 Å². The summed E-state index contributed by atoms with van der Waals surface area (Å²) in [6.45, 7) is 11.1. The Hall–Kier alpha value is -1.78. The molecule has 118 valence electrons. The summed E-state index contributed by atoms with van der Waals surface area (Å²) in [5.74, 6) is -1.18. The molecule has 0 amide bonds. The molecule has 0 radical (unpaired) electrons. The first-order valence-corrected chi connectivity index (χ1v) is 7.16. The van der Waals surface area contributed by atoms with Crippen molar-refractivity contribution < 1.29 is 23.5 Å². The first kappa shape index (κ1) is 17.3. The minimum absolute atomic E-state index is 0.00206. The van der Waals surface area contributed by atoms with Crippen LogP contribution in [0.15, 0.2) is 16.5 Å². The molecule has 0 atom stereocenters. The van der Waals surface area contributed by atoms with Crippen molar-refractivity contribution in [2.45, 2.75) is 65.6 Å². The second kappa shape index (κ2) is 6.33. The van der Waals surface area contributed by atoms with E-state index in [4.69, 9.17) is 13.9 Å². The number of esters is 2. The van der Waals surface area contributed by atoms with Crippen LogP contribution in [0.25, 0.3) is 0 Å². The highest BCUT2D eigenvalue weighted by molar-refractivity contribution is 5.91. The predicted octanol–water partition coefficient (Wildman–Crippen LogP) is 3.97. The fourth-order valence-corrected chi connectivity index (χ4v) is 1.30. The van der Waals surface area contributed by atoms with Gasteiger partial charge in [0.1, 0.15) is 11.2 Å². The van der Waals surface area contributed by atoms with Crippen LogP contribution in [0.5, 0.6) is 0 Å². The second-order valence-corrected chi connectivity index (χ2v) is 6.17. The fraction of sp³-hybridized carbons (Fsp3) is 0.625. The molecule has 1 rings (SSSR count). The smallest absolute Gasteiger partial charge is 0.374 e. The number of hydrogen-bond donors (Lipinski definition) is 0. The van der Waals surface area contributed by atoms with Crippen molar-refractivity contribution in [1.29, 1.82) is 0 Å². The Kier molecular flexibility index (Phi) is 5.20. The fourth-order valence-electron chi connectivity index (χ4n) is 1.30. The Morgan fingerprint density at radius 3 is 1.52 bits per heavy atom. The maximum absolute atomic E-state index is 11.9. The van der Waals surface area contributed by atoms with Crippen molar-refractivity contribution in [1.82, 2.24) is 0 Å². The average Bonchev–Trinajstić information content (AvgIpc) is 2.87. The van der Waals surface area contributed by atoms with E-state index >= 15 is 0 Å². The van der Waals surface area contributed by atoms with Gasteiger partial charge in [-0.05, 0) is 52.7 Å². The summed E-state index contributed by atoms with van der Waals surface area (Å²) in [6, 6.07) is 2.84. The number of hydrogen-bond acceptors (Lipinski definition) is 5. The van der Waals surface area contributed by atoms with Gasteiger partial charge in [-0.25, -0.2) is 9.59 Å². The standard InChI is InChI=1S/C16H24O5/c1-7-15(3,4)20-13(17)11-9-10-12(19-11)14(18)21-16(5,6)8-2/h9-10H,7-8H2,1-6H3. The van der Waals surface area contributed by atoms with E-state index in [1.807, 2.05) is 41.5 Å². The van der Waals surface area contributed by atoms with Gasteiger partial charge in [-0.15, -0.1) is 0 Å². The molecule has 0 aromatic carbocycles. The Morgan fingerprint density at radius 2 is 1.24 bits per heavy atom. The first-order chi connectivity index (χ1) is 9.60. The Morgan fingerprint density at radius 1 is 0.905 bits per heavy atom. The molecule has 0 fully saturated rings. The van der Waals surface area contributed by atoms with Crippen molar-refractivity contribution in [3.8, 4) is 0 Å². The Labute approximate surface area is 125 Å². The van der Waals surface area contributed by atoms with E-state index in [-0.39, 0.29) is 11.5 Å². The summed E-state index contributed by atoms with van der Waals surface area (Å²) in [5, 5.41) is 0. The number of carbonyl (C=O) groups excluding carboxylic acids is 2. The number of furan rings is 1. The van der Waals surface area contributed by atoms with Crippen molar-refractivity contribution >= 4 is 11.9 Å². The molecule has 0 aliphatic rings. The van der Waals surface area contributed by atoms with Gasteiger partial charge in [-0.2, -0.15) is 0 Å². The topological polar surface area (TPSA) is 65.7 Å². The highest BCUT2D eigenvalue weighted by atomic mass is 16.6. The lowest BCUT2D eigenvalue weighted by atomic mass is 10.1. The SMILES string of the molecule is CCC(C)(C)OC(=O)c1ccc(C(=O)OC(C)(C)CC)o1. The summed E-state index contributed by atoms with van der Waals surface area (Å²) in [4.78, 5) is 23.9. The molecule has 0 spiro atoms. The summed E-state index contributed by atoms with van der Waals surface area (Å²) in [6.07, 6.45) is 1.36. The molecule has 21 heavy (non-hydrogen) atoms. The molecule has 0 aliphatic carbocycles. The maximum atomic E-state index is 11.9. The van der Waals surface area contributed by atoms with Gasteiger partial charge in [0.25, 0.3) is 0 Å². The lowest BCUT2D eigenvalue weighted by molar-refractivity contribution is -0.00840. The van der Waals surface area contributed by atoms with Crippen molar-refractivity contribution in [2.24, 2.45) is 0 Å². The van der Waals surface area contributed by atoms with Crippen LogP contribution in [0, 0.1) is 0 Å². The molecule has 0 N–H and O–H groups in total. The van der Waals surface area contributed by atoms with Gasteiger partial charge < -0.3 is 13.9 Å². The molecule has 1 heterocycles. The van der Waals surface area contributed by atoms with E-state index in [9.17, 15) is 9.59 Å². The van der Waals surface area contributed by atoms with Crippen LogP contribution < -0.4 is 0 Å². The zero-order valence-corrected chi connectivity index (χ0v) is 13.6. The van der Waals surface area contributed by atoms with Crippen molar-refractivity contribution in [3.05, 3.63) is 23.7 Å². The highest BCUT2D eigenvalue weighted by Crippen LogP contribution is 2.20. The lowest BCUT2D eigenvalue weighted by Crippen LogP contribution is -2.27. The highest BCUT2D eigenvalue weighted by Gasteiger charge is 2.27. The van der Waals surface area contributed by atoms with Crippen LogP contribution in [0.3, 0.4) is 0 Å². The summed E-state index contributed by atoms with van der Waals surface area (Å²) < 4.78 is 15.8. The molecule has 5 heteroatoms. The van der Waals surface area contributed by atoms with E-state index in [0.717, 1.165) is 0 Å². The van der Waals surface area contributed by atoms with Crippen LogP contribution in [-0.4, -0.2) is 23.1 Å². The van der Waals surface area contributed by atoms with E-state index < -0.39 is 23.1 Å². The number of rotatable bonds is 6. The molecular formula is C16H24O5. The van der Waals surface area contributed by atoms with Gasteiger partial charge >= 0.3 is 11.9 Å². The van der Waals surface area contributed by atoms with E-state index in [0.29, 0.717) is 12.8 Å². The number of ether oxygens (including phenoxy) is 2. The molecule has 1 aromatic heterocycles. The molecule has 0 unspecified atom stereocenters. The van der Waals surface area contributed by atoms with Crippen LogP contribution in [0.2, 0.25) is 0 Å². The van der Waals surface area contributed by atoms with Crippen LogP contribution in [0.1, 0.15) is 75.5 Å². The third-order valence-corrected chi connectivity index (χ3v) is 3.45. The minimum atomic E-state index is -0.587. The zero-order chi connectivity index (χ0) is 16.3. The van der Waals surface area contributed by atoms with Gasteiger partial charge in [-0.3, -0.25) is 0 Å². The van der Waals surface area contributed by atoms with Crippen LogP contribution in [0.4, 0.5) is 0 Å². The minimum Gasteiger partial charge on any atom is -0.454 e. The third kappa shape index (κ3) is 4.92. The van der Waals surface area contributed by atoms with Gasteiger partial charge in [0.05, 0.1) is 0 Å². The van der Waals surface area contributed by atoms with Gasteiger partial charge in [0.2, 0.25) is 11.5 Å². The molecule has 0 saturated heterocycles. The molecule has 0 bridgehead atoms. The second-order valence-electron chi connectivity index (χ2n) is 6.17. The maximum Gasteiger partial charge on any atom is 0.374 e. The normalized spacial score (nSPS) is 12.1. The molecule has 0 aliphatic heterocycles. The third-order valence-electron chi connectivity index (χ3n) is 3.45. The van der Waals surface area contributed by atoms with Gasteiger partial charge in [0.15, 0.2) is 0 Å². The van der Waals surface area contributed by atoms with Crippen LogP contribution >= 0.6 is 0 Å². The molecule has 0 saturated carbocycles. The number of carbonyl (C=O) groups is 2. The van der Waals surface area contributed by atoms with E-state index in [1.165, 1.54) is 12.1 Å². The Bertz CT molecular complexity index is 466. The lowest BCUT2D eigenvalue weighted by Gasteiger charge is -2.22. The zero-order valence-electron chi connectivity index (χ0n) is 13.6. The Balaban J connectivity index is 2.77. The average molecular weight is 296 g/mol. The quantitative estimate of drug-likeness (QED) is 0.743. The molecular weight excluding hydrogens is 272 g/mol. The largest absolute Gasteiger partial charge is 0.454 e. The van der Waals surface area contributed by atoms with Crippen LogP contribution in [-0.2, 0) is 9.47 Å². The van der Waals surface area contributed by atoms with Gasteiger partial charge in [-0.1, -0.05) is 13.8 Å². The molecule has 5 nitrogen and oxygen atoms in total. The molecule has 1 aromatic rings. The van der Waals surface area contributed by atoms with Crippen molar-refractivity contribution in [3.63, 3.8) is 0 Å². The van der Waals surface area contributed by atoms with E-state index in [2.05, 4.69) is 0 Å². The monoisotopic (exact) mass is 296 g/mol. The van der Waals surface area contributed by atoms with Gasteiger partial charge in [0, 0.05) is 0 Å².